The summed E-state index contributed by atoms with van der Waals surface area (Å²) in [7, 11) is 0. The third-order valence-corrected chi connectivity index (χ3v) is 5.06. The van der Waals surface area contributed by atoms with Gasteiger partial charge in [0.15, 0.2) is 5.13 Å². The van der Waals surface area contributed by atoms with Crippen molar-refractivity contribution in [1.29, 1.82) is 0 Å². The Morgan fingerprint density at radius 3 is 2.88 bits per heavy atom. The van der Waals surface area contributed by atoms with Gasteiger partial charge in [-0.1, -0.05) is 36.4 Å². The molecule has 0 radical (unpaired) electrons. The molecule has 1 aliphatic heterocycles. The first-order chi connectivity index (χ1) is 11.7. The van der Waals surface area contributed by atoms with E-state index in [4.69, 9.17) is 0 Å². The van der Waals surface area contributed by atoms with E-state index in [1.165, 1.54) is 5.56 Å². The summed E-state index contributed by atoms with van der Waals surface area (Å²) in [5.74, 6) is -0.0418. The summed E-state index contributed by atoms with van der Waals surface area (Å²) >= 11 is 1.59. The van der Waals surface area contributed by atoms with E-state index in [0.29, 0.717) is 0 Å². The fourth-order valence-corrected chi connectivity index (χ4v) is 3.56. The minimum atomic E-state index is -0.103. The van der Waals surface area contributed by atoms with Crippen molar-refractivity contribution in [2.45, 2.75) is 19.4 Å². The molecule has 1 atom stereocenters. The summed E-state index contributed by atoms with van der Waals surface area (Å²) in [6.07, 6.45) is 0. The first-order valence-corrected chi connectivity index (χ1v) is 8.77. The molecule has 120 valence electrons. The van der Waals surface area contributed by atoms with E-state index in [9.17, 15) is 4.79 Å². The van der Waals surface area contributed by atoms with Crippen LogP contribution in [0.5, 0.6) is 0 Å². The van der Waals surface area contributed by atoms with Crippen LogP contribution < -0.4 is 10.6 Å². The third kappa shape index (κ3) is 2.78. The monoisotopic (exact) mass is 335 g/mol. The predicted molar refractivity (Wildman–Crippen MR) is 98.4 cm³/mol. The van der Waals surface area contributed by atoms with Crippen LogP contribution in [0.3, 0.4) is 0 Å². The number of hydrogen-bond donors (Lipinski definition) is 2. The SMILES string of the molecule is CC1C(=O)Nc2ccc(-c3csc(NCc4ccccc4)n3)cc21. The van der Waals surface area contributed by atoms with Crippen molar-refractivity contribution in [3.8, 4) is 11.3 Å². The van der Waals surface area contributed by atoms with Crippen LogP contribution in [0.1, 0.15) is 24.0 Å². The van der Waals surface area contributed by atoms with Gasteiger partial charge in [0.1, 0.15) is 0 Å². The van der Waals surface area contributed by atoms with Crippen LogP contribution in [-0.2, 0) is 11.3 Å². The van der Waals surface area contributed by atoms with E-state index >= 15 is 0 Å². The Hall–Kier alpha value is -2.66. The van der Waals surface area contributed by atoms with Gasteiger partial charge >= 0.3 is 0 Å². The molecule has 1 aliphatic rings. The summed E-state index contributed by atoms with van der Waals surface area (Å²) in [4.78, 5) is 16.4. The average Bonchev–Trinajstić information content (AvgIpc) is 3.19. The van der Waals surface area contributed by atoms with Gasteiger partial charge in [-0.3, -0.25) is 4.79 Å². The Bertz CT molecular complexity index is 889. The molecular formula is C19H17N3OS. The molecule has 0 saturated carbocycles. The van der Waals surface area contributed by atoms with Gasteiger partial charge < -0.3 is 10.6 Å². The van der Waals surface area contributed by atoms with Gasteiger partial charge in [-0.15, -0.1) is 11.3 Å². The van der Waals surface area contributed by atoms with Gasteiger partial charge in [0.2, 0.25) is 5.91 Å². The Kier molecular flexibility index (Phi) is 3.78. The highest BCUT2D eigenvalue weighted by Crippen LogP contribution is 2.36. The predicted octanol–water partition coefficient (Wildman–Crippen LogP) is 4.48. The van der Waals surface area contributed by atoms with E-state index in [-0.39, 0.29) is 11.8 Å². The molecule has 2 heterocycles. The molecule has 0 aliphatic carbocycles. The molecule has 4 nitrogen and oxygen atoms in total. The normalized spacial score (nSPS) is 15.9. The topological polar surface area (TPSA) is 54.0 Å². The number of nitrogens with zero attached hydrogens (tertiary/aromatic N) is 1. The smallest absolute Gasteiger partial charge is 0.231 e. The molecule has 1 aromatic heterocycles. The van der Waals surface area contributed by atoms with Gasteiger partial charge in [0.25, 0.3) is 0 Å². The third-order valence-electron chi connectivity index (χ3n) is 4.26. The number of amides is 1. The van der Waals surface area contributed by atoms with E-state index < -0.39 is 0 Å². The van der Waals surface area contributed by atoms with Gasteiger partial charge in [-0.25, -0.2) is 4.98 Å². The van der Waals surface area contributed by atoms with Crippen molar-refractivity contribution in [3.63, 3.8) is 0 Å². The first kappa shape index (κ1) is 14.9. The minimum Gasteiger partial charge on any atom is -0.357 e. The van der Waals surface area contributed by atoms with Crippen LogP contribution in [0, 0.1) is 0 Å². The van der Waals surface area contributed by atoms with Gasteiger partial charge in [-0.05, 0) is 30.2 Å². The molecule has 0 saturated heterocycles. The second-order valence-corrected chi connectivity index (χ2v) is 6.75. The Morgan fingerprint density at radius 2 is 2.04 bits per heavy atom. The van der Waals surface area contributed by atoms with Crippen molar-refractivity contribution >= 4 is 28.1 Å². The number of rotatable bonds is 4. The van der Waals surface area contributed by atoms with Crippen molar-refractivity contribution in [2.75, 3.05) is 10.6 Å². The second kappa shape index (κ2) is 6.09. The maximum absolute atomic E-state index is 11.8. The summed E-state index contributed by atoms with van der Waals surface area (Å²) in [5.41, 5.74) is 5.16. The Balaban J connectivity index is 1.52. The number of nitrogens with one attached hydrogen (secondary N) is 2. The van der Waals surface area contributed by atoms with Crippen LogP contribution >= 0.6 is 11.3 Å². The van der Waals surface area contributed by atoms with Crippen LogP contribution in [0.25, 0.3) is 11.3 Å². The van der Waals surface area contributed by atoms with E-state index in [1.807, 2.05) is 42.6 Å². The van der Waals surface area contributed by atoms with Gasteiger partial charge in [-0.2, -0.15) is 0 Å². The van der Waals surface area contributed by atoms with Crippen molar-refractivity contribution in [1.82, 2.24) is 4.98 Å². The zero-order valence-electron chi connectivity index (χ0n) is 13.2. The quantitative estimate of drug-likeness (QED) is 0.739. The van der Waals surface area contributed by atoms with E-state index in [2.05, 4.69) is 33.8 Å². The van der Waals surface area contributed by atoms with E-state index in [0.717, 1.165) is 34.2 Å². The second-order valence-electron chi connectivity index (χ2n) is 5.89. The number of aromatic nitrogens is 1. The largest absolute Gasteiger partial charge is 0.357 e. The highest BCUT2D eigenvalue weighted by molar-refractivity contribution is 7.14. The number of carbonyl (C=O) groups is 1. The molecule has 3 aromatic rings. The van der Waals surface area contributed by atoms with Gasteiger partial charge in [0, 0.05) is 23.2 Å². The van der Waals surface area contributed by atoms with E-state index in [1.54, 1.807) is 11.3 Å². The number of benzene rings is 2. The highest BCUT2D eigenvalue weighted by atomic mass is 32.1. The van der Waals surface area contributed by atoms with Crippen molar-refractivity contribution < 1.29 is 4.79 Å². The zero-order valence-corrected chi connectivity index (χ0v) is 14.1. The van der Waals surface area contributed by atoms with Crippen LogP contribution in [0.2, 0.25) is 0 Å². The molecule has 2 aromatic carbocycles. The van der Waals surface area contributed by atoms with Crippen LogP contribution in [0.15, 0.2) is 53.9 Å². The Morgan fingerprint density at radius 1 is 1.21 bits per heavy atom. The number of hydrogen-bond acceptors (Lipinski definition) is 4. The molecular weight excluding hydrogens is 318 g/mol. The maximum Gasteiger partial charge on any atom is 0.231 e. The lowest BCUT2D eigenvalue weighted by atomic mass is 10.00. The molecule has 4 rings (SSSR count). The molecule has 0 fully saturated rings. The number of anilines is 2. The molecule has 0 spiro atoms. The lowest BCUT2D eigenvalue weighted by molar-refractivity contribution is -0.116. The average molecular weight is 335 g/mol. The van der Waals surface area contributed by atoms with Crippen LogP contribution in [0.4, 0.5) is 10.8 Å². The molecule has 1 unspecified atom stereocenters. The number of carbonyl (C=O) groups excluding carboxylic acids is 1. The summed E-state index contributed by atoms with van der Waals surface area (Å²) in [5, 5.41) is 9.21. The lowest BCUT2D eigenvalue weighted by Gasteiger charge is -2.04. The molecule has 5 heteroatoms. The summed E-state index contributed by atoms with van der Waals surface area (Å²) in [6.45, 7) is 2.69. The minimum absolute atomic E-state index is 0.0608. The van der Waals surface area contributed by atoms with Crippen LogP contribution in [-0.4, -0.2) is 10.9 Å². The fourth-order valence-electron chi connectivity index (χ4n) is 2.84. The highest BCUT2D eigenvalue weighted by Gasteiger charge is 2.26. The number of fused-ring (bicyclic) bond motifs is 1. The van der Waals surface area contributed by atoms with Gasteiger partial charge in [0.05, 0.1) is 11.6 Å². The number of thiazole rings is 1. The van der Waals surface area contributed by atoms with Crippen molar-refractivity contribution in [3.05, 3.63) is 65.0 Å². The molecule has 0 bridgehead atoms. The molecule has 24 heavy (non-hydrogen) atoms. The maximum atomic E-state index is 11.8. The standard InChI is InChI=1S/C19H17N3OS/c1-12-15-9-14(7-8-16(15)21-18(12)23)17-11-24-19(22-17)20-10-13-5-3-2-4-6-13/h2-9,11-12H,10H2,1H3,(H,20,22)(H,21,23). The summed E-state index contributed by atoms with van der Waals surface area (Å²) in [6, 6.07) is 16.3. The summed E-state index contributed by atoms with van der Waals surface area (Å²) < 4.78 is 0. The Labute approximate surface area is 144 Å². The zero-order chi connectivity index (χ0) is 16.5. The molecule has 1 amide bonds. The molecule has 2 N–H and O–H groups in total. The fraction of sp³-hybridized carbons (Fsp3) is 0.158. The first-order valence-electron chi connectivity index (χ1n) is 7.89. The van der Waals surface area contributed by atoms with Crippen molar-refractivity contribution in [2.24, 2.45) is 0 Å². The lowest BCUT2D eigenvalue weighted by Crippen LogP contribution is -2.08.